The third-order valence-corrected chi connectivity index (χ3v) is 11.8. The van der Waals surface area contributed by atoms with Crippen molar-refractivity contribution in [3.8, 4) is 56.7 Å². The lowest BCUT2D eigenvalue weighted by atomic mass is 9.98. The van der Waals surface area contributed by atoms with Crippen LogP contribution in [0.15, 0.2) is 212 Å². The van der Waals surface area contributed by atoms with E-state index in [0.717, 1.165) is 39.2 Å². The Hall–Kier alpha value is -8.15. The van der Waals surface area contributed by atoms with Gasteiger partial charge in [0.05, 0.1) is 16.6 Å². The highest BCUT2D eigenvalue weighted by molar-refractivity contribution is 6.30. The van der Waals surface area contributed by atoms with Crippen LogP contribution in [0.1, 0.15) is 0 Å². The molecule has 5 nitrogen and oxygen atoms in total. The Balaban J connectivity index is 0.998. The molecule has 0 saturated heterocycles. The number of hydrogen-bond acceptors (Lipinski definition) is 3. The number of hydrogen-bond donors (Lipinski definition) is 0. The van der Waals surface area contributed by atoms with Gasteiger partial charge in [-0.3, -0.25) is 0 Å². The van der Waals surface area contributed by atoms with E-state index in [1.807, 2.05) is 60.7 Å². The van der Waals surface area contributed by atoms with Gasteiger partial charge in [-0.05, 0) is 75.8 Å². The van der Waals surface area contributed by atoms with Crippen LogP contribution in [0.25, 0.3) is 111 Å². The molecule has 280 valence electrons. The minimum Gasteiger partial charge on any atom is -0.316 e. The molecule has 0 aliphatic heterocycles. The first-order chi connectivity index (χ1) is 29.7. The Labute approximate surface area is 346 Å². The highest BCUT2D eigenvalue weighted by Crippen LogP contribution is 2.43. The van der Waals surface area contributed by atoms with E-state index >= 15 is 0 Å². The summed E-state index contributed by atoms with van der Waals surface area (Å²) in [4.78, 5) is 14.9. The summed E-state index contributed by atoms with van der Waals surface area (Å²) in [6.45, 7) is 0. The average Bonchev–Trinajstić information content (AvgIpc) is 3.93. The van der Waals surface area contributed by atoms with E-state index in [0.29, 0.717) is 17.5 Å². The van der Waals surface area contributed by atoms with Crippen molar-refractivity contribution < 1.29 is 0 Å². The van der Waals surface area contributed by atoms with Crippen LogP contribution < -0.4 is 0 Å². The van der Waals surface area contributed by atoms with E-state index in [1.54, 1.807) is 0 Å². The molecule has 0 atom stereocenters. The highest BCUT2D eigenvalue weighted by Gasteiger charge is 2.20. The number of para-hydroxylation sites is 1. The molecule has 0 N–H and O–H groups in total. The van der Waals surface area contributed by atoms with E-state index in [4.69, 9.17) is 15.0 Å². The zero-order chi connectivity index (χ0) is 39.6. The van der Waals surface area contributed by atoms with Crippen molar-refractivity contribution in [1.29, 1.82) is 0 Å². The van der Waals surface area contributed by atoms with E-state index in [2.05, 4.69) is 161 Å². The number of aromatic nitrogens is 5. The predicted octanol–water partition coefficient (Wildman–Crippen LogP) is 13.9. The fraction of sp³-hybridized carbons (Fsp3) is 0. The third-order valence-electron chi connectivity index (χ3n) is 11.8. The summed E-state index contributed by atoms with van der Waals surface area (Å²) in [5.74, 6) is 1.94. The largest absolute Gasteiger partial charge is 0.316 e. The number of fused-ring (bicyclic) bond motifs is 9. The average molecular weight is 766 g/mol. The Morgan fingerprint density at radius 2 is 0.867 bits per heavy atom. The maximum atomic E-state index is 4.99. The minimum atomic E-state index is 0.638. The van der Waals surface area contributed by atoms with Crippen LogP contribution in [0.4, 0.5) is 0 Å². The van der Waals surface area contributed by atoms with Crippen molar-refractivity contribution in [2.45, 2.75) is 0 Å². The van der Waals surface area contributed by atoms with Gasteiger partial charge in [-0.1, -0.05) is 158 Å². The van der Waals surface area contributed by atoms with Gasteiger partial charge in [0.2, 0.25) is 0 Å². The van der Waals surface area contributed by atoms with E-state index in [1.165, 1.54) is 54.3 Å². The van der Waals surface area contributed by atoms with Crippen molar-refractivity contribution in [3.63, 3.8) is 0 Å². The fourth-order valence-electron chi connectivity index (χ4n) is 8.98. The molecule has 5 heteroatoms. The van der Waals surface area contributed by atoms with Crippen molar-refractivity contribution >= 4 is 54.3 Å². The molecule has 0 amide bonds. The highest BCUT2D eigenvalue weighted by atomic mass is 15.0. The van der Waals surface area contributed by atoms with Crippen molar-refractivity contribution in [2.24, 2.45) is 0 Å². The first kappa shape index (κ1) is 33.9. The zero-order valence-corrected chi connectivity index (χ0v) is 32.4. The van der Waals surface area contributed by atoms with Crippen molar-refractivity contribution in [3.05, 3.63) is 212 Å². The van der Waals surface area contributed by atoms with Gasteiger partial charge in [-0.25, -0.2) is 15.0 Å². The van der Waals surface area contributed by atoms with Gasteiger partial charge in [0.15, 0.2) is 17.5 Å². The molecule has 60 heavy (non-hydrogen) atoms. The molecule has 0 radical (unpaired) electrons. The van der Waals surface area contributed by atoms with Gasteiger partial charge in [0.25, 0.3) is 0 Å². The first-order valence-electron chi connectivity index (χ1n) is 20.3. The lowest BCUT2D eigenvalue weighted by molar-refractivity contribution is 1.07. The molecule has 3 aromatic heterocycles. The van der Waals surface area contributed by atoms with Gasteiger partial charge in [-0.15, -0.1) is 0 Å². The summed E-state index contributed by atoms with van der Waals surface area (Å²) >= 11 is 0. The van der Waals surface area contributed by atoms with Gasteiger partial charge in [0, 0.05) is 55.8 Å². The molecule has 0 unspecified atom stereocenters. The molecular weight excluding hydrogens is 731 g/mol. The zero-order valence-electron chi connectivity index (χ0n) is 32.4. The second-order valence-electron chi connectivity index (χ2n) is 15.3. The van der Waals surface area contributed by atoms with Crippen LogP contribution in [0.3, 0.4) is 0 Å². The van der Waals surface area contributed by atoms with Crippen LogP contribution in [0.5, 0.6) is 0 Å². The van der Waals surface area contributed by atoms with E-state index in [-0.39, 0.29) is 0 Å². The minimum absolute atomic E-state index is 0.638. The molecule has 9 aromatic carbocycles. The quantitative estimate of drug-likeness (QED) is 0.169. The summed E-state index contributed by atoms with van der Waals surface area (Å²) in [5, 5.41) is 8.72. The normalized spacial score (nSPS) is 11.7. The molecule has 0 bridgehead atoms. The summed E-state index contributed by atoms with van der Waals surface area (Å²) in [7, 11) is 0. The van der Waals surface area contributed by atoms with Crippen LogP contribution in [-0.4, -0.2) is 24.1 Å². The molecular formula is C55H35N5. The molecule has 12 rings (SSSR count). The van der Waals surface area contributed by atoms with E-state index < -0.39 is 0 Å². The number of benzene rings is 9. The predicted molar refractivity (Wildman–Crippen MR) is 248 cm³/mol. The fourth-order valence-corrected chi connectivity index (χ4v) is 8.98. The molecule has 12 aromatic rings. The van der Waals surface area contributed by atoms with Crippen LogP contribution >= 0.6 is 0 Å². The Bertz CT molecular complexity index is 3510. The summed E-state index contributed by atoms with van der Waals surface area (Å²) in [5.41, 5.74) is 10.9. The second kappa shape index (κ2) is 13.8. The van der Waals surface area contributed by atoms with Gasteiger partial charge >= 0.3 is 0 Å². The molecule has 0 saturated carbocycles. The molecule has 0 fully saturated rings. The monoisotopic (exact) mass is 765 g/mol. The van der Waals surface area contributed by atoms with Crippen molar-refractivity contribution in [2.75, 3.05) is 0 Å². The Morgan fingerprint density at radius 1 is 0.317 bits per heavy atom. The topological polar surface area (TPSA) is 48.5 Å². The lowest BCUT2D eigenvalue weighted by Gasteiger charge is -2.12. The molecule has 3 heterocycles. The van der Waals surface area contributed by atoms with Crippen LogP contribution in [-0.2, 0) is 0 Å². The standard InChI is InChI=1S/C55H35N5/c1-4-14-39(15-5-1)53-56-54(40-16-6-2-7-17-40)58-55(57-53)42-19-12-18-41(35-42)36-23-27-44(28-24-36)60-48-31-26-37-13-10-11-22-45(37)50(48)51-46-29-25-38-33-34-59(43-20-8-3-9-21-43)52(38)47(46)30-32-49(51)60/h1-35H. The summed E-state index contributed by atoms with van der Waals surface area (Å²) < 4.78 is 4.75. The SMILES string of the molecule is c1ccc(-c2nc(-c3ccccc3)nc(-c3cccc(-c4ccc(-n5c6ccc7ccccc7c6c6c7ccc8ccn(-c9ccccc9)c8c7ccc65)cc4)c3)n2)cc1. The van der Waals surface area contributed by atoms with E-state index in [9.17, 15) is 0 Å². The van der Waals surface area contributed by atoms with Gasteiger partial charge < -0.3 is 9.13 Å². The molecule has 0 aliphatic carbocycles. The maximum absolute atomic E-state index is 4.99. The molecule has 0 aliphatic rings. The number of nitrogens with zero attached hydrogens (tertiary/aromatic N) is 5. The first-order valence-corrected chi connectivity index (χ1v) is 20.3. The smallest absolute Gasteiger partial charge is 0.164 e. The van der Waals surface area contributed by atoms with Gasteiger partial charge in [0.1, 0.15) is 0 Å². The third kappa shape index (κ3) is 5.52. The summed E-state index contributed by atoms with van der Waals surface area (Å²) in [6, 6.07) is 73.0. The van der Waals surface area contributed by atoms with Gasteiger partial charge in [-0.2, -0.15) is 0 Å². The lowest BCUT2D eigenvalue weighted by Crippen LogP contribution is -2.00. The van der Waals surface area contributed by atoms with Crippen molar-refractivity contribution in [1.82, 2.24) is 24.1 Å². The van der Waals surface area contributed by atoms with Crippen LogP contribution in [0.2, 0.25) is 0 Å². The summed E-state index contributed by atoms with van der Waals surface area (Å²) in [6.07, 6.45) is 2.19. The second-order valence-corrected chi connectivity index (χ2v) is 15.3. The Morgan fingerprint density at radius 3 is 1.58 bits per heavy atom. The maximum Gasteiger partial charge on any atom is 0.164 e. The number of rotatable bonds is 6. The molecule has 0 spiro atoms. The Kier molecular flexibility index (Phi) is 7.78. The van der Waals surface area contributed by atoms with Crippen LogP contribution in [0, 0.1) is 0 Å².